The number of nitrogens with zero attached hydrogens (tertiary/aromatic N) is 1. The standard InChI is InChI=1S/C15H26N2O4/c1-14(2,3)21-13(19)17-6-5-10-7-15(4,20-12(16)18)8-11(10)9-17/h10-11H,5-9H2,1-4H3,(H2,16,18)/t10-,11?,15?/m0/s1. The van der Waals surface area contributed by atoms with Gasteiger partial charge in [-0.05, 0) is 58.8 Å². The highest BCUT2D eigenvalue weighted by Crippen LogP contribution is 2.45. The fourth-order valence-corrected chi connectivity index (χ4v) is 3.59. The minimum Gasteiger partial charge on any atom is -0.444 e. The monoisotopic (exact) mass is 298 g/mol. The van der Waals surface area contributed by atoms with E-state index in [1.54, 1.807) is 4.90 Å². The molecular weight excluding hydrogens is 272 g/mol. The molecule has 1 saturated heterocycles. The van der Waals surface area contributed by atoms with Crippen molar-refractivity contribution in [2.45, 2.75) is 58.2 Å². The van der Waals surface area contributed by atoms with E-state index in [0.717, 1.165) is 19.3 Å². The molecule has 0 aromatic heterocycles. The maximum absolute atomic E-state index is 12.1. The molecular formula is C15H26N2O4. The number of carbonyl (C=O) groups is 2. The Morgan fingerprint density at radius 1 is 1.24 bits per heavy atom. The van der Waals surface area contributed by atoms with Crippen molar-refractivity contribution in [3.8, 4) is 0 Å². The van der Waals surface area contributed by atoms with E-state index in [1.807, 2.05) is 27.7 Å². The van der Waals surface area contributed by atoms with E-state index in [0.29, 0.717) is 24.9 Å². The van der Waals surface area contributed by atoms with Crippen molar-refractivity contribution in [3.05, 3.63) is 0 Å². The number of carbonyl (C=O) groups excluding carboxylic acids is 2. The molecule has 2 fully saturated rings. The largest absolute Gasteiger partial charge is 0.444 e. The van der Waals surface area contributed by atoms with Gasteiger partial charge >= 0.3 is 12.2 Å². The lowest BCUT2D eigenvalue weighted by Crippen LogP contribution is -2.44. The van der Waals surface area contributed by atoms with Gasteiger partial charge in [-0.2, -0.15) is 0 Å². The van der Waals surface area contributed by atoms with Crippen molar-refractivity contribution in [2.75, 3.05) is 13.1 Å². The number of nitrogens with two attached hydrogens (primary N) is 1. The average Bonchev–Trinajstić information content (AvgIpc) is 2.59. The molecule has 2 rings (SSSR count). The third-order valence-electron chi connectivity index (χ3n) is 4.28. The Labute approximate surface area is 125 Å². The molecule has 2 aliphatic rings. The Morgan fingerprint density at radius 2 is 1.86 bits per heavy atom. The summed E-state index contributed by atoms with van der Waals surface area (Å²) in [4.78, 5) is 24.9. The Hall–Kier alpha value is -1.46. The molecule has 2 unspecified atom stereocenters. The molecule has 21 heavy (non-hydrogen) atoms. The second-order valence-corrected chi connectivity index (χ2v) is 7.51. The van der Waals surface area contributed by atoms with Crippen LogP contribution < -0.4 is 5.73 Å². The van der Waals surface area contributed by atoms with E-state index in [9.17, 15) is 9.59 Å². The number of hydrogen-bond donors (Lipinski definition) is 1. The molecule has 120 valence electrons. The topological polar surface area (TPSA) is 81.9 Å². The molecule has 0 aromatic carbocycles. The maximum atomic E-state index is 12.1. The lowest BCUT2D eigenvalue weighted by Gasteiger charge is -2.35. The first-order valence-corrected chi connectivity index (χ1v) is 7.54. The van der Waals surface area contributed by atoms with Gasteiger partial charge in [0.1, 0.15) is 11.2 Å². The average molecular weight is 298 g/mol. The minimum atomic E-state index is -0.722. The number of primary amides is 1. The smallest absolute Gasteiger partial charge is 0.410 e. The predicted octanol–water partition coefficient (Wildman–Crippen LogP) is 2.51. The Morgan fingerprint density at radius 3 is 2.43 bits per heavy atom. The summed E-state index contributed by atoms with van der Waals surface area (Å²) in [5.41, 5.74) is 4.17. The summed E-state index contributed by atoms with van der Waals surface area (Å²) in [5, 5.41) is 0. The zero-order valence-electron chi connectivity index (χ0n) is 13.3. The van der Waals surface area contributed by atoms with E-state index in [-0.39, 0.29) is 6.09 Å². The zero-order valence-corrected chi connectivity index (χ0v) is 13.3. The first-order valence-electron chi connectivity index (χ1n) is 7.54. The van der Waals surface area contributed by atoms with Gasteiger partial charge in [0, 0.05) is 13.1 Å². The van der Waals surface area contributed by atoms with Gasteiger partial charge in [-0.25, -0.2) is 9.59 Å². The van der Waals surface area contributed by atoms with Gasteiger partial charge in [0.05, 0.1) is 0 Å². The molecule has 0 bridgehead atoms. The van der Waals surface area contributed by atoms with Crippen LogP contribution in [-0.2, 0) is 9.47 Å². The van der Waals surface area contributed by atoms with E-state index in [1.165, 1.54) is 0 Å². The predicted molar refractivity (Wildman–Crippen MR) is 77.7 cm³/mol. The quantitative estimate of drug-likeness (QED) is 0.806. The van der Waals surface area contributed by atoms with Gasteiger partial charge in [0.2, 0.25) is 0 Å². The molecule has 2 amide bonds. The second-order valence-electron chi connectivity index (χ2n) is 7.51. The Balaban J connectivity index is 1.95. The van der Waals surface area contributed by atoms with E-state index in [4.69, 9.17) is 15.2 Å². The molecule has 0 aromatic rings. The van der Waals surface area contributed by atoms with Gasteiger partial charge in [-0.15, -0.1) is 0 Å². The van der Waals surface area contributed by atoms with Crippen molar-refractivity contribution < 1.29 is 19.1 Å². The van der Waals surface area contributed by atoms with Crippen LogP contribution in [0, 0.1) is 11.8 Å². The Bertz CT molecular complexity index is 432. The fourth-order valence-electron chi connectivity index (χ4n) is 3.59. The van der Waals surface area contributed by atoms with Gasteiger partial charge < -0.3 is 20.1 Å². The lowest BCUT2D eigenvalue weighted by molar-refractivity contribution is 0.0119. The molecule has 3 atom stereocenters. The van der Waals surface area contributed by atoms with Crippen LogP contribution in [0.1, 0.15) is 47.0 Å². The summed E-state index contributed by atoms with van der Waals surface area (Å²) in [7, 11) is 0. The van der Waals surface area contributed by atoms with Crippen LogP contribution in [0.3, 0.4) is 0 Å². The van der Waals surface area contributed by atoms with E-state index in [2.05, 4.69) is 0 Å². The van der Waals surface area contributed by atoms with Crippen LogP contribution in [0.4, 0.5) is 9.59 Å². The number of hydrogen-bond acceptors (Lipinski definition) is 4. The first kappa shape index (κ1) is 15.9. The highest BCUT2D eigenvalue weighted by Gasteiger charge is 2.47. The normalized spacial score (nSPS) is 32.5. The summed E-state index contributed by atoms with van der Waals surface area (Å²) in [6.07, 6.45) is 1.51. The van der Waals surface area contributed by atoms with E-state index >= 15 is 0 Å². The third-order valence-corrected chi connectivity index (χ3v) is 4.28. The van der Waals surface area contributed by atoms with Crippen LogP contribution >= 0.6 is 0 Å². The summed E-state index contributed by atoms with van der Waals surface area (Å²) in [6.45, 7) is 8.88. The van der Waals surface area contributed by atoms with Crippen LogP contribution in [0.5, 0.6) is 0 Å². The van der Waals surface area contributed by atoms with Crippen molar-refractivity contribution in [3.63, 3.8) is 0 Å². The van der Waals surface area contributed by atoms with Gasteiger partial charge in [-0.1, -0.05) is 0 Å². The summed E-state index contributed by atoms with van der Waals surface area (Å²) >= 11 is 0. The second kappa shape index (κ2) is 5.39. The number of likely N-dealkylation sites (tertiary alicyclic amines) is 1. The number of ether oxygens (including phenoxy) is 2. The summed E-state index contributed by atoms with van der Waals surface area (Å²) in [5.74, 6) is 0.823. The number of rotatable bonds is 1. The van der Waals surface area contributed by atoms with Gasteiger partial charge in [0.15, 0.2) is 0 Å². The highest BCUT2D eigenvalue weighted by atomic mass is 16.6. The molecule has 0 radical (unpaired) electrons. The lowest BCUT2D eigenvalue weighted by atomic mass is 9.89. The SMILES string of the molecule is CC(C)(C)OC(=O)N1CC[C@H]2CC(C)(OC(N)=O)CC2C1. The molecule has 1 saturated carbocycles. The number of amides is 2. The van der Waals surface area contributed by atoms with E-state index < -0.39 is 17.3 Å². The van der Waals surface area contributed by atoms with Crippen LogP contribution in [-0.4, -0.2) is 41.4 Å². The van der Waals surface area contributed by atoms with Crippen LogP contribution in [0.2, 0.25) is 0 Å². The third kappa shape index (κ3) is 4.02. The van der Waals surface area contributed by atoms with Crippen molar-refractivity contribution in [1.29, 1.82) is 0 Å². The van der Waals surface area contributed by atoms with Gasteiger partial charge in [0.25, 0.3) is 0 Å². The zero-order chi connectivity index (χ0) is 15.8. The molecule has 1 aliphatic heterocycles. The number of fused-ring (bicyclic) bond motifs is 1. The first-order chi connectivity index (χ1) is 9.58. The Kier molecular flexibility index (Phi) is 4.08. The van der Waals surface area contributed by atoms with Crippen molar-refractivity contribution >= 4 is 12.2 Å². The summed E-state index contributed by atoms with van der Waals surface area (Å²) in [6, 6.07) is 0. The molecule has 6 heteroatoms. The van der Waals surface area contributed by atoms with Gasteiger partial charge in [-0.3, -0.25) is 0 Å². The highest BCUT2D eigenvalue weighted by molar-refractivity contribution is 5.68. The molecule has 6 nitrogen and oxygen atoms in total. The molecule has 0 spiro atoms. The minimum absolute atomic E-state index is 0.259. The maximum Gasteiger partial charge on any atom is 0.410 e. The summed E-state index contributed by atoms with van der Waals surface area (Å²) < 4.78 is 10.7. The molecule has 2 N–H and O–H groups in total. The fraction of sp³-hybridized carbons (Fsp3) is 0.867. The number of piperidine rings is 1. The van der Waals surface area contributed by atoms with Crippen LogP contribution in [0.15, 0.2) is 0 Å². The van der Waals surface area contributed by atoms with Crippen LogP contribution in [0.25, 0.3) is 0 Å². The van der Waals surface area contributed by atoms with Crippen molar-refractivity contribution in [2.24, 2.45) is 17.6 Å². The van der Waals surface area contributed by atoms with Crippen molar-refractivity contribution in [1.82, 2.24) is 4.90 Å². The molecule has 1 heterocycles. The molecule has 1 aliphatic carbocycles.